The van der Waals surface area contributed by atoms with E-state index >= 15 is 0 Å². The first-order chi connectivity index (χ1) is 40.4. The number of ether oxygens (including phenoxy) is 1. The number of aliphatic hydroxyl groups is 5. The molecule has 0 unspecified atom stereocenters. The number of carbonyl (C=O) groups excluding carboxylic acids is 2. The minimum absolute atomic E-state index is 0.136. The maximum Gasteiger partial charge on any atom is 0.240 e. The number of carbonyl (C=O) groups is 2. The molecule has 27 heteroatoms. The number of nitrogens with zero attached hydrogens (tertiary/aromatic N) is 12. The summed E-state index contributed by atoms with van der Waals surface area (Å²) in [4.78, 5) is 61.7. The third kappa shape index (κ3) is 12.3. The van der Waals surface area contributed by atoms with Gasteiger partial charge in [-0.2, -0.15) is 5.10 Å². The molecule has 1 aliphatic carbocycles. The molecule has 0 bridgehead atoms. The largest absolute Gasteiger partial charge is 0.394 e. The Bertz CT molecular complexity index is 3460. The van der Waals surface area contributed by atoms with Crippen LogP contribution >= 0.6 is 23.2 Å². The predicted octanol–water partition coefficient (Wildman–Crippen LogP) is 2.97. The second-order valence-corrected chi connectivity index (χ2v) is 22.9. The molecule has 9 heterocycles. The Morgan fingerprint density at radius 2 is 1.45 bits per heavy atom. The van der Waals surface area contributed by atoms with Crippen molar-refractivity contribution >= 4 is 80.2 Å². The number of piperazine rings is 1. The highest BCUT2D eigenvalue weighted by atomic mass is 35.5. The molecule has 5 aromatic heterocycles. The molecule has 0 spiro atoms. The number of hydrazone groups is 1. The number of amides is 2. The lowest BCUT2D eigenvalue weighted by molar-refractivity contribution is -0.133. The van der Waals surface area contributed by atoms with E-state index in [4.69, 9.17) is 39.4 Å². The number of nitrogens with one attached hydrogen (secondary N) is 3. The van der Waals surface area contributed by atoms with Crippen LogP contribution in [-0.4, -0.2) is 184 Å². The molecule has 12 rings (SSSR count). The Kier molecular flexibility index (Phi) is 18.3. The number of hydrogen-bond acceptors (Lipinski definition) is 21. The van der Waals surface area contributed by atoms with Crippen molar-refractivity contribution in [3.05, 3.63) is 124 Å². The van der Waals surface area contributed by atoms with Gasteiger partial charge in [-0.3, -0.25) is 9.59 Å². The molecule has 2 aromatic carbocycles. The molecule has 7 aromatic rings. The van der Waals surface area contributed by atoms with Crippen LogP contribution in [0.25, 0.3) is 21.9 Å². The SMILES string of the molecule is CC(C)NC[C@@H](C(=O)N1CCN(c2ncnc3c2[C@H](C)C[C@H]3O)CC1)c1ccc(Cl)cc1.CN1N=C(N)c2c3c1ncnc3cn2[C@@H]1O[C@H](CO)[C@@H](O)[C@H]1O.NC1(C(=O)N[C@@H](CO)c2ccc(Cl)cc2)CCN(c2ncnc3[nH]ccc23)CC1. The minimum atomic E-state index is -1.21. The van der Waals surface area contributed by atoms with Crippen LogP contribution in [0.2, 0.25) is 10.0 Å². The highest BCUT2D eigenvalue weighted by Crippen LogP contribution is 2.43. The Morgan fingerprint density at radius 1 is 0.821 bits per heavy atom. The summed E-state index contributed by atoms with van der Waals surface area (Å²) in [7, 11) is 1.72. The van der Waals surface area contributed by atoms with Crippen molar-refractivity contribution in [3.63, 3.8) is 0 Å². The van der Waals surface area contributed by atoms with E-state index in [1.165, 1.54) is 12.7 Å². The summed E-state index contributed by atoms with van der Waals surface area (Å²) in [6.45, 7) is 10.2. The van der Waals surface area contributed by atoms with Crippen molar-refractivity contribution in [3.8, 4) is 0 Å². The van der Waals surface area contributed by atoms with E-state index in [0.717, 1.165) is 45.1 Å². The fraction of sp³-hybridized carbons (Fsp3) is 0.456. The number of rotatable bonds is 13. The van der Waals surface area contributed by atoms with E-state index in [0.29, 0.717) is 104 Å². The molecule has 8 atom stereocenters. The third-order valence-corrected chi connectivity index (χ3v) is 16.7. The van der Waals surface area contributed by atoms with Crippen molar-refractivity contribution in [2.24, 2.45) is 16.6 Å². The van der Waals surface area contributed by atoms with Crippen LogP contribution in [0, 0.1) is 0 Å². The number of nitrogens with two attached hydrogens (primary N) is 2. The van der Waals surface area contributed by atoms with Gasteiger partial charge in [0.1, 0.15) is 60.3 Å². The van der Waals surface area contributed by atoms with Gasteiger partial charge in [-0.05, 0) is 66.6 Å². The van der Waals surface area contributed by atoms with Gasteiger partial charge in [0, 0.05) is 86.9 Å². The van der Waals surface area contributed by atoms with Crippen LogP contribution in [0.15, 0.2) is 91.1 Å². The zero-order valence-corrected chi connectivity index (χ0v) is 48.5. The lowest BCUT2D eigenvalue weighted by atomic mass is 9.87. The van der Waals surface area contributed by atoms with E-state index < -0.39 is 48.8 Å². The quantitative estimate of drug-likeness (QED) is 0.0793. The van der Waals surface area contributed by atoms with Crippen LogP contribution < -0.4 is 36.9 Å². The number of halogens is 2. The van der Waals surface area contributed by atoms with Gasteiger partial charge in [0.25, 0.3) is 0 Å². The molecule has 446 valence electrons. The number of hydrogen-bond donors (Lipinski definition) is 10. The lowest BCUT2D eigenvalue weighted by Crippen LogP contribution is -2.60. The van der Waals surface area contributed by atoms with Gasteiger partial charge in [-0.15, -0.1) is 0 Å². The average Bonchev–Trinajstić information content (AvgIpc) is 2.56. The van der Waals surface area contributed by atoms with Crippen LogP contribution in [0.3, 0.4) is 0 Å². The molecule has 2 amide bonds. The number of H-pyrrole nitrogens is 1. The standard InChI is InChI=1S/C24H32ClN5O2.C20H23ClN6O2.C13H16N6O4/c1-15(2)26-13-19(17-4-6-18(25)7-5-17)24(32)30-10-8-29(9-11-30)23-21-16(3)12-20(31)22(21)27-14-28-23;21-14-3-1-13(2-4-14)16(11-28)26-19(29)20(22)6-9-27(10-7-20)18-15-5-8-23-17(15)24-12-25-18;1-18-12-7-5(15-4-16-12)2-19(8(7)11(14)17-18)13-10(22)9(21)6(3-20)23-13/h4-7,14-16,19-20,26,31H,8-13H2,1-3H3;1-5,8,12,16,28H,6-7,9-11,22H2,(H,26,29)(H,23,24,25);2,4,6,9-10,13,20-22H,3H2,1H3,(H2,14,17)/t16-,19-,20-;16-;6-,9-,10-,13-/m101/s1. The van der Waals surface area contributed by atoms with Crippen molar-refractivity contribution < 1.29 is 39.9 Å². The molecule has 0 radical (unpaired) electrons. The Hall–Kier alpha value is -7.17. The van der Waals surface area contributed by atoms with Crippen molar-refractivity contribution in [1.82, 2.24) is 55.0 Å². The molecule has 5 aliphatic rings. The molecule has 25 nitrogen and oxygen atoms in total. The second-order valence-electron chi connectivity index (χ2n) is 22.0. The number of aromatic amines is 1. The maximum absolute atomic E-state index is 13.5. The molecule has 4 aliphatic heterocycles. The van der Waals surface area contributed by atoms with E-state index in [1.807, 2.05) is 41.4 Å². The topological polar surface area (TPSA) is 344 Å². The van der Waals surface area contributed by atoms with Crippen LogP contribution in [0.1, 0.15) is 98.3 Å². The first-order valence-corrected chi connectivity index (χ1v) is 28.7. The van der Waals surface area contributed by atoms with Crippen LogP contribution in [0.5, 0.6) is 0 Å². The summed E-state index contributed by atoms with van der Waals surface area (Å²) in [5.74, 6) is 2.41. The number of amidine groups is 1. The molecular weight excluding hydrogens is 1120 g/mol. The summed E-state index contributed by atoms with van der Waals surface area (Å²) in [5, 5.41) is 64.4. The van der Waals surface area contributed by atoms with Crippen LogP contribution in [-0.2, 0) is 14.3 Å². The minimum Gasteiger partial charge on any atom is -0.394 e. The fourth-order valence-electron chi connectivity index (χ4n) is 11.5. The normalized spacial score (nSPS) is 22.5. The van der Waals surface area contributed by atoms with Gasteiger partial charge in [-0.1, -0.05) is 68.2 Å². The molecule has 3 saturated heterocycles. The third-order valence-electron chi connectivity index (χ3n) is 16.2. The molecule has 0 saturated carbocycles. The summed E-state index contributed by atoms with van der Waals surface area (Å²) in [5.41, 5.74) is 17.0. The zero-order chi connectivity index (χ0) is 59.6. The Labute approximate surface area is 494 Å². The summed E-state index contributed by atoms with van der Waals surface area (Å²) in [6, 6.07) is 16.3. The molecular formula is C57H71Cl2N17O8. The number of fused-ring (bicyclic) bond motifs is 2. The Morgan fingerprint density at radius 3 is 2.11 bits per heavy atom. The first kappa shape index (κ1) is 60.0. The number of anilines is 3. The van der Waals surface area contributed by atoms with E-state index in [2.05, 4.69) is 81.2 Å². The monoisotopic (exact) mass is 1190 g/mol. The molecule has 84 heavy (non-hydrogen) atoms. The van der Waals surface area contributed by atoms with Gasteiger partial charge >= 0.3 is 0 Å². The number of aliphatic hydroxyl groups excluding tert-OH is 5. The van der Waals surface area contributed by atoms with Crippen LogP contribution in [0.4, 0.5) is 17.5 Å². The molecule has 3 fully saturated rings. The summed E-state index contributed by atoms with van der Waals surface area (Å²) < 4.78 is 7.15. The summed E-state index contributed by atoms with van der Waals surface area (Å²) >= 11 is 12.0. The number of aromatic nitrogens is 8. The lowest BCUT2D eigenvalue weighted by Gasteiger charge is -2.39. The van der Waals surface area contributed by atoms with Gasteiger partial charge in [-0.25, -0.2) is 34.9 Å². The average molecular weight is 1190 g/mol. The van der Waals surface area contributed by atoms with Gasteiger partial charge < -0.3 is 76.6 Å². The smallest absolute Gasteiger partial charge is 0.240 e. The molecule has 12 N–H and O–H groups in total. The number of piperidine rings is 1. The van der Waals surface area contributed by atoms with Crippen molar-refractivity contribution in [2.75, 3.05) is 80.9 Å². The number of benzene rings is 2. The van der Waals surface area contributed by atoms with Gasteiger partial charge in [0.15, 0.2) is 17.9 Å². The highest BCUT2D eigenvalue weighted by Gasteiger charge is 2.45. The van der Waals surface area contributed by atoms with E-state index in [1.54, 1.807) is 53.4 Å². The maximum atomic E-state index is 13.5. The van der Waals surface area contributed by atoms with E-state index in [9.17, 15) is 35.1 Å². The van der Waals surface area contributed by atoms with Gasteiger partial charge in [0.2, 0.25) is 11.8 Å². The first-order valence-electron chi connectivity index (χ1n) is 28.0. The summed E-state index contributed by atoms with van der Waals surface area (Å²) in [6.07, 6.45) is 4.92. The van der Waals surface area contributed by atoms with E-state index in [-0.39, 0.29) is 36.1 Å². The Balaban J connectivity index is 0.000000142. The highest BCUT2D eigenvalue weighted by molar-refractivity contribution is 6.30. The zero-order valence-electron chi connectivity index (χ0n) is 47.0. The second kappa shape index (κ2) is 25.6. The van der Waals surface area contributed by atoms with Gasteiger partial charge in [0.05, 0.1) is 58.8 Å². The van der Waals surface area contributed by atoms with Crippen molar-refractivity contribution in [1.29, 1.82) is 0 Å². The fourth-order valence-corrected chi connectivity index (χ4v) is 11.8. The van der Waals surface area contributed by atoms with Crippen molar-refractivity contribution in [2.45, 2.75) is 100 Å². The predicted molar refractivity (Wildman–Crippen MR) is 317 cm³/mol.